The highest BCUT2D eigenvalue weighted by Crippen LogP contribution is 2.23. The van der Waals surface area contributed by atoms with Gasteiger partial charge in [-0.1, -0.05) is 23.7 Å². The van der Waals surface area contributed by atoms with Crippen molar-refractivity contribution < 1.29 is 24.0 Å². The van der Waals surface area contributed by atoms with Crippen LogP contribution in [0.3, 0.4) is 0 Å². The first-order valence-electron chi connectivity index (χ1n) is 8.44. The van der Waals surface area contributed by atoms with Gasteiger partial charge >= 0.3 is 5.97 Å². The van der Waals surface area contributed by atoms with Gasteiger partial charge in [-0.25, -0.2) is 0 Å². The molecule has 1 amide bonds. The molecule has 148 valence electrons. The topological polar surface area (TPSA) is 108 Å². The third kappa shape index (κ3) is 6.55. The van der Waals surface area contributed by atoms with E-state index in [2.05, 4.69) is 5.32 Å². The number of hydrogen-bond acceptors (Lipinski definition) is 6. The zero-order chi connectivity index (χ0) is 20.5. The lowest BCUT2D eigenvalue weighted by Gasteiger charge is -2.09. The van der Waals surface area contributed by atoms with E-state index < -0.39 is 23.4 Å². The van der Waals surface area contributed by atoms with Crippen molar-refractivity contribution in [1.29, 1.82) is 0 Å². The van der Waals surface area contributed by atoms with Crippen LogP contribution in [0.1, 0.15) is 18.4 Å². The van der Waals surface area contributed by atoms with Crippen LogP contribution in [0, 0.1) is 17.0 Å². The molecule has 0 saturated heterocycles. The molecule has 1 N–H and O–H groups in total. The Morgan fingerprint density at radius 1 is 1.21 bits per heavy atom. The van der Waals surface area contributed by atoms with E-state index in [1.54, 1.807) is 24.3 Å². The number of halogens is 1. The Kier molecular flexibility index (Phi) is 7.76. The van der Waals surface area contributed by atoms with Gasteiger partial charge in [-0.15, -0.1) is 0 Å². The molecule has 0 saturated carbocycles. The maximum absolute atomic E-state index is 11.8. The second-order valence-electron chi connectivity index (χ2n) is 5.84. The summed E-state index contributed by atoms with van der Waals surface area (Å²) in [4.78, 5) is 33.8. The van der Waals surface area contributed by atoms with Crippen molar-refractivity contribution in [1.82, 2.24) is 0 Å². The van der Waals surface area contributed by atoms with Crippen LogP contribution in [0.2, 0.25) is 5.02 Å². The number of esters is 1. The zero-order valence-corrected chi connectivity index (χ0v) is 15.9. The number of ether oxygens (including phenoxy) is 2. The molecule has 0 aliphatic rings. The highest BCUT2D eigenvalue weighted by Gasteiger charge is 2.15. The van der Waals surface area contributed by atoms with Crippen molar-refractivity contribution in [2.75, 3.05) is 18.5 Å². The van der Waals surface area contributed by atoms with E-state index in [4.69, 9.17) is 21.1 Å². The van der Waals surface area contributed by atoms with E-state index in [-0.39, 0.29) is 17.8 Å². The average Bonchev–Trinajstić information content (AvgIpc) is 2.65. The Bertz CT molecular complexity index is 871. The van der Waals surface area contributed by atoms with Crippen molar-refractivity contribution in [2.24, 2.45) is 0 Å². The smallest absolute Gasteiger partial charge is 0.306 e. The summed E-state index contributed by atoms with van der Waals surface area (Å²) in [6.45, 7) is 1.65. The van der Waals surface area contributed by atoms with Crippen LogP contribution in [0.15, 0.2) is 42.5 Å². The molecule has 2 aromatic rings. The SMILES string of the molecule is Cc1cc(Cl)ccc1OCCCC(=O)OCC(=O)Nc1ccccc1[N+](=O)[O-]. The number of rotatable bonds is 9. The number of hydrogen-bond donors (Lipinski definition) is 1. The third-order valence-corrected chi connectivity index (χ3v) is 3.89. The molecule has 0 radical (unpaired) electrons. The van der Waals surface area contributed by atoms with Crippen LogP contribution in [0.25, 0.3) is 0 Å². The predicted octanol–water partition coefficient (Wildman–Crippen LogP) is 3.90. The lowest BCUT2D eigenvalue weighted by Crippen LogP contribution is -2.21. The molecule has 0 bridgehead atoms. The number of nitro groups is 1. The van der Waals surface area contributed by atoms with Crippen LogP contribution in [0.5, 0.6) is 5.75 Å². The number of nitrogens with one attached hydrogen (secondary N) is 1. The predicted molar refractivity (Wildman–Crippen MR) is 104 cm³/mol. The fourth-order valence-electron chi connectivity index (χ4n) is 2.32. The van der Waals surface area contributed by atoms with Gasteiger partial charge in [-0.2, -0.15) is 0 Å². The summed E-state index contributed by atoms with van der Waals surface area (Å²) >= 11 is 5.87. The van der Waals surface area contributed by atoms with Gasteiger partial charge < -0.3 is 14.8 Å². The number of anilines is 1. The molecular weight excluding hydrogens is 388 g/mol. The molecule has 2 aromatic carbocycles. The van der Waals surface area contributed by atoms with E-state index in [0.29, 0.717) is 23.8 Å². The van der Waals surface area contributed by atoms with Crippen LogP contribution in [-0.4, -0.2) is 30.0 Å². The molecular formula is C19H19ClN2O6. The summed E-state index contributed by atoms with van der Waals surface area (Å²) in [5.74, 6) is -0.536. The average molecular weight is 407 g/mol. The summed E-state index contributed by atoms with van der Waals surface area (Å²) in [5, 5.41) is 13.9. The largest absolute Gasteiger partial charge is 0.493 e. The molecule has 0 aliphatic heterocycles. The second-order valence-corrected chi connectivity index (χ2v) is 6.28. The Labute approximate surface area is 166 Å². The number of benzene rings is 2. The van der Waals surface area contributed by atoms with E-state index in [9.17, 15) is 19.7 Å². The molecule has 0 heterocycles. The fraction of sp³-hybridized carbons (Fsp3) is 0.263. The Balaban J connectivity index is 1.69. The molecule has 0 aromatic heterocycles. The number of carbonyl (C=O) groups excluding carboxylic acids is 2. The summed E-state index contributed by atoms with van der Waals surface area (Å²) in [5.41, 5.74) is 0.693. The van der Waals surface area contributed by atoms with Gasteiger partial charge in [0.1, 0.15) is 11.4 Å². The number of nitrogens with zero attached hydrogens (tertiary/aromatic N) is 1. The van der Waals surface area contributed by atoms with Crippen molar-refractivity contribution in [3.63, 3.8) is 0 Å². The van der Waals surface area contributed by atoms with E-state index in [1.165, 1.54) is 18.2 Å². The van der Waals surface area contributed by atoms with E-state index in [0.717, 1.165) is 5.56 Å². The van der Waals surface area contributed by atoms with Gasteiger partial charge in [0.05, 0.1) is 11.5 Å². The monoisotopic (exact) mass is 406 g/mol. The van der Waals surface area contributed by atoms with Crippen LogP contribution in [0.4, 0.5) is 11.4 Å². The Morgan fingerprint density at radius 2 is 1.96 bits per heavy atom. The molecule has 0 fully saturated rings. The summed E-state index contributed by atoms with van der Waals surface area (Å²) < 4.78 is 10.4. The van der Waals surface area contributed by atoms with E-state index >= 15 is 0 Å². The van der Waals surface area contributed by atoms with Gasteiger partial charge in [0.15, 0.2) is 6.61 Å². The highest BCUT2D eigenvalue weighted by atomic mass is 35.5. The molecule has 0 atom stereocenters. The minimum absolute atomic E-state index is 0.0419. The van der Waals surface area contributed by atoms with Crippen molar-refractivity contribution in [3.8, 4) is 5.75 Å². The third-order valence-electron chi connectivity index (χ3n) is 3.66. The summed E-state index contributed by atoms with van der Waals surface area (Å²) in [6.07, 6.45) is 0.484. The maximum Gasteiger partial charge on any atom is 0.306 e. The number of aryl methyl sites for hydroxylation is 1. The van der Waals surface area contributed by atoms with Gasteiger partial charge in [0.25, 0.3) is 11.6 Å². The van der Waals surface area contributed by atoms with E-state index in [1.807, 2.05) is 6.92 Å². The lowest BCUT2D eigenvalue weighted by atomic mass is 10.2. The molecule has 0 spiro atoms. The van der Waals surface area contributed by atoms with Crippen molar-refractivity contribution in [2.45, 2.75) is 19.8 Å². The van der Waals surface area contributed by atoms with Gasteiger partial charge in [0, 0.05) is 17.5 Å². The van der Waals surface area contributed by atoms with Gasteiger partial charge in [-0.3, -0.25) is 19.7 Å². The minimum Gasteiger partial charge on any atom is -0.493 e. The van der Waals surface area contributed by atoms with Crippen molar-refractivity contribution in [3.05, 3.63) is 63.2 Å². The van der Waals surface area contributed by atoms with Gasteiger partial charge in [0.2, 0.25) is 0 Å². The molecule has 8 nitrogen and oxygen atoms in total. The normalized spacial score (nSPS) is 10.2. The molecule has 0 aliphatic carbocycles. The Hall–Kier alpha value is -3.13. The maximum atomic E-state index is 11.8. The van der Waals surface area contributed by atoms with Crippen LogP contribution >= 0.6 is 11.6 Å². The first-order chi connectivity index (χ1) is 13.4. The molecule has 0 unspecified atom stereocenters. The highest BCUT2D eigenvalue weighted by molar-refractivity contribution is 6.30. The van der Waals surface area contributed by atoms with Crippen LogP contribution in [-0.2, 0) is 14.3 Å². The number of para-hydroxylation sites is 2. The lowest BCUT2D eigenvalue weighted by molar-refractivity contribution is -0.383. The summed E-state index contributed by atoms with van der Waals surface area (Å²) in [6, 6.07) is 11.0. The standard InChI is InChI=1S/C19H19ClN2O6/c1-13-11-14(20)8-9-17(13)27-10-4-7-19(24)28-12-18(23)21-15-5-2-3-6-16(15)22(25)26/h2-3,5-6,8-9,11H,4,7,10,12H2,1H3,(H,21,23). The minimum atomic E-state index is -0.657. The molecule has 2 rings (SSSR count). The number of amides is 1. The van der Waals surface area contributed by atoms with Crippen molar-refractivity contribution >= 4 is 34.9 Å². The molecule has 9 heteroatoms. The second kappa shape index (κ2) is 10.3. The first-order valence-corrected chi connectivity index (χ1v) is 8.82. The molecule has 28 heavy (non-hydrogen) atoms. The van der Waals surface area contributed by atoms with Crippen LogP contribution < -0.4 is 10.1 Å². The Morgan fingerprint density at radius 3 is 2.68 bits per heavy atom. The zero-order valence-electron chi connectivity index (χ0n) is 15.1. The number of carbonyl (C=O) groups is 2. The van der Waals surface area contributed by atoms with Gasteiger partial charge in [-0.05, 0) is 43.2 Å². The summed E-state index contributed by atoms with van der Waals surface area (Å²) in [7, 11) is 0. The quantitative estimate of drug-likeness (QED) is 0.293. The fourth-order valence-corrected chi connectivity index (χ4v) is 2.54. The number of nitro benzene ring substituents is 1. The first kappa shape index (κ1) is 21.2.